The van der Waals surface area contributed by atoms with E-state index in [4.69, 9.17) is 9.78 Å². The second kappa shape index (κ2) is 11.1. The normalized spacial score (nSPS) is 18.5. The first-order valence-corrected chi connectivity index (χ1v) is 14.9. The molecule has 2 aliphatic heterocycles. The first-order chi connectivity index (χ1) is 18.2. The third kappa shape index (κ3) is 4.89. The molecular weight excluding hydrogens is 482 g/mol. The number of fused-ring (bicyclic) bond motifs is 5. The second-order valence-electron chi connectivity index (χ2n) is 10.5. The summed E-state index contributed by atoms with van der Waals surface area (Å²) in [6, 6.07) is 15.5. The van der Waals surface area contributed by atoms with E-state index in [0.29, 0.717) is 19.1 Å². The van der Waals surface area contributed by atoms with Crippen molar-refractivity contribution in [2.75, 3.05) is 49.7 Å². The van der Waals surface area contributed by atoms with Crippen molar-refractivity contribution in [1.29, 1.82) is 0 Å². The van der Waals surface area contributed by atoms with E-state index in [9.17, 15) is 4.79 Å². The average molecular weight is 520 g/mol. The molecule has 3 aromatic rings. The van der Waals surface area contributed by atoms with Crippen molar-refractivity contribution in [3.05, 3.63) is 53.6 Å². The molecule has 6 rings (SSSR count). The van der Waals surface area contributed by atoms with Gasteiger partial charge >= 0.3 is 0 Å². The molecule has 0 unspecified atom stereocenters. The molecule has 3 aliphatic rings. The smallest absolute Gasteiger partial charge is 0.242 e. The maximum Gasteiger partial charge on any atom is 0.242 e. The molecule has 0 spiro atoms. The summed E-state index contributed by atoms with van der Waals surface area (Å²) in [4.78, 5) is 27.8. The molecular formula is C30H37N3O3S. The van der Waals surface area contributed by atoms with Crippen LogP contribution in [0.4, 0.5) is 5.69 Å². The van der Waals surface area contributed by atoms with E-state index < -0.39 is 0 Å². The Morgan fingerprint density at radius 2 is 1.81 bits per heavy atom. The number of nitrogens with zero attached hydrogens (tertiary/aromatic N) is 3. The summed E-state index contributed by atoms with van der Waals surface area (Å²) in [7, 11) is 1.55. The van der Waals surface area contributed by atoms with Crippen LogP contribution in [0.25, 0.3) is 22.2 Å². The zero-order valence-electron chi connectivity index (χ0n) is 21.8. The van der Waals surface area contributed by atoms with E-state index in [1.54, 1.807) is 7.11 Å². The molecule has 3 heterocycles. The number of carbonyl (C=O) groups is 1. The quantitative estimate of drug-likeness (QED) is 0.303. The predicted octanol–water partition coefficient (Wildman–Crippen LogP) is 5.83. The Bertz CT molecular complexity index is 1260. The topological polar surface area (TPSA) is 46.9 Å². The molecule has 2 aromatic carbocycles. The summed E-state index contributed by atoms with van der Waals surface area (Å²) in [6.07, 6.45) is 6.43. The number of benzene rings is 2. The third-order valence-corrected chi connectivity index (χ3v) is 9.25. The standard InChI is InChI=1S/C30H37N3O3S/c1-35-36-21-22-11-12-24-27(19-22)33-14-13-32(20-28(34)31-15-17-37-18-16-31)26-10-6-5-9-25(26)30(33)29(24)23-7-3-2-4-8-23/h5-6,9-12,19,23H,2-4,7-8,13-18,20-21H2,1H3. The van der Waals surface area contributed by atoms with E-state index in [2.05, 4.69) is 56.8 Å². The van der Waals surface area contributed by atoms with Crippen molar-refractivity contribution in [3.63, 3.8) is 0 Å². The molecule has 1 saturated heterocycles. The van der Waals surface area contributed by atoms with Gasteiger partial charge in [-0.15, -0.1) is 0 Å². The Labute approximate surface area is 223 Å². The predicted molar refractivity (Wildman–Crippen MR) is 151 cm³/mol. The summed E-state index contributed by atoms with van der Waals surface area (Å²) in [6.45, 7) is 4.26. The lowest BCUT2D eigenvalue weighted by Crippen LogP contribution is -2.44. The number of amides is 1. The Morgan fingerprint density at radius 3 is 2.62 bits per heavy atom. The molecule has 196 valence electrons. The zero-order chi connectivity index (χ0) is 25.2. The van der Waals surface area contributed by atoms with E-state index in [0.717, 1.165) is 43.2 Å². The maximum atomic E-state index is 13.3. The lowest BCUT2D eigenvalue weighted by molar-refractivity contribution is -0.282. The van der Waals surface area contributed by atoms with Crippen LogP contribution < -0.4 is 4.90 Å². The minimum atomic E-state index is 0.248. The highest BCUT2D eigenvalue weighted by atomic mass is 32.2. The van der Waals surface area contributed by atoms with Gasteiger partial charge in [0.1, 0.15) is 6.61 Å². The minimum absolute atomic E-state index is 0.248. The molecule has 2 fully saturated rings. The minimum Gasteiger partial charge on any atom is -0.360 e. The number of thioether (sulfide) groups is 1. The summed E-state index contributed by atoms with van der Waals surface area (Å²) in [5.74, 6) is 2.90. The number of hydrogen-bond donors (Lipinski definition) is 0. The molecule has 37 heavy (non-hydrogen) atoms. The van der Waals surface area contributed by atoms with Gasteiger partial charge in [-0.25, -0.2) is 9.78 Å². The Morgan fingerprint density at radius 1 is 1.00 bits per heavy atom. The number of aromatic nitrogens is 1. The fourth-order valence-electron chi connectivity index (χ4n) is 6.50. The van der Waals surface area contributed by atoms with Gasteiger partial charge in [0.05, 0.1) is 19.3 Å². The van der Waals surface area contributed by atoms with Crippen molar-refractivity contribution >= 4 is 34.3 Å². The van der Waals surface area contributed by atoms with Crippen LogP contribution in [-0.2, 0) is 27.7 Å². The Kier molecular flexibility index (Phi) is 7.45. The van der Waals surface area contributed by atoms with Crippen molar-refractivity contribution in [2.45, 2.75) is 51.2 Å². The van der Waals surface area contributed by atoms with Crippen LogP contribution in [0, 0.1) is 0 Å². The van der Waals surface area contributed by atoms with Crippen LogP contribution in [0.2, 0.25) is 0 Å². The van der Waals surface area contributed by atoms with E-state index in [-0.39, 0.29) is 5.91 Å². The molecule has 0 bridgehead atoms. The molecule has 1 amide bonds. The van der Waals surface area contributed by atoms with Gasteiger partial charge in [-0.05, 0) is 42.0 Å². The monoisotopic (exact) mass is 519 g/mol. The second-order valence-corrected chi connectivity index (χ2v) is 11.7. The Hall–Kier alpha value is -2.48. The molecule has 1 aliphatic carbocycles. The van der Waals surface area contributed by atoms with E-state index >= 15 is 0 Å². The van der Waals surface area contributed by atoms with Gasteiger partial charge in [0, 0.05) is 59.8 Å². The fourth-order valence-corrected chi connectivity index (χ4v) is 7.40. The molecule has 1 aromatic heterocycles. The van der Waals surface area contributed by atoms with Gasteiger partial charge in [-0.1, -0.05) is 49.6 Å². The number of carbonyl (C=O) groups excluding carboxylic acids is 1. The van der Waals surface area contributed by atoms with Gasteiger partial charge in [0.15, 0.2) is 0 Å². The number of hydrogen-bond acceptors (Lipinski definition) is 5. The van der Waals surface area contributed by atoms with Crippen molar-refractivity contribution < 1.29 is 14.6 Å². The zero-order valence-corrected chi connectivity index (χ0v) is 22.6. The molecule has 0 atom stereocenters. The lowest BCUT2D eigenvalue weighted by Gasteiger charge is -2.31. The maximum absolute atomic E-state index is 13.3. The van der Waals surface area contributed by atoms with Crippen LogP contribution >= 0.6 is 11.8 Å². The molecule has 6 nitrogen and oxygen atoms in total. The highest BCUT2D eigenvalue weighted by Crippen LogP contribution is 2.47. The number of rotatable bonds is 6. The average Bonchev–Trinajstić information content (AvgIpc) is 3.19. The molecule has 1 saturated carbocycles. The van der Waals surface area contributed by atoms with Crippen LogP contribution in [-0.4, -0.2) is 60.2 Å². The highest BCUT2D eigenvalue weighted by molar-refractivity contribution is 7.99. The van der Waals surface area contributed by atoms with Crippen LogP contribution in [0.5, 0.6) is 0 Å². The number of anilines is 1. The van der Waals surface area contributed by atoms with Crippen molar-refractivity contribution in [3.8, 4) is 11.3 Å². The van der Waals surface area contributed by atoms with Gasteiger partial charge in [0.2, 0.25) is 5.91 Å². The SMILES string of the molecule is COOCc1ccc2c(C3CCCCC3)c3n(c2c1)CCN(CC(=O)N1CCSCC1)c1ccccc1-3. The largest absolute Gasteiger partial charge is 0.360 e. The lowest BCUT2D eigenvalue weighted by atomic mass is 9.81. The number of para-hydroxylation sites is 1. The van der Waals surface area contributed by atoms with Crippen LogP contribution in [0.3, 0.4) is 0 Å². The fraction of sp³-hybridized carbons (Fsp3) is 0.500. The van der Waals surface area contributed by atoms with Gasteiger partial charge in [0.25, 0.3) is 0 Å². The van der Waals surface area contributed by atoms with E-state index in [1.807, 2.05) is 11.8 Å². The van der Waals surface area contributed by atoms with E-state index in [1.165, 1.54) is 65.5 Å². The summed E-state index contributed by atoms with van der Waals surface area (Å²) >= 11 is 1.94. The summed E-state index contributed by atoms with van der Waals surface area (Å²) < 4.78 is 2.52. The first-order valence-electron chi connectivity index (χ1n) is 13.7. The summed E-state index contributed by atoms with van der Waals surface area (Å²) in [5, 5.41) is 1.37. The van der Waals surface area contributed by atoms with Gasteiger partial charge in [-0.2, -0.15) is 11.8 Å². The molecule has 0 radical (unpaired) electrons. The van der Waals surface area contributed by atoms with Crippen molar-refractivity contribution in [1.82, 2.24) is 9.47 Å². The summed E-state index contributed by atoms with van der Waals surface area (Å²) in [5.41, 5.74) is 7.67. The van der Waals surface area contributed by atoms with Crippen molar-refractivity contribution in [2.24, 2.45) is 0 Å². The van der Waals surface area contributed by atoms with Crippen LogP contribution in [0.1, 0.15) is 49.1 Å². The Balaban J connectivity index is 1.45. The third-order valence-electron chi connectivity index (χ3n) is 8.31. The highest BCUT2D eigenvalue weighted by Gasteiger charge is 2.31. The van der Waals surface area contributed by atoms with Gasteiger partial charge < -0.3 is 14.4 Å². The molecule has 7 heteroatoms. The van der Waals surface area contributed by atoms with Crippen LogP contribution in [0.15, 0.2) is 42.5 Å². The first kappa shape index (κ1) is 24.8. The van der Waals surface area contributed by atoms with Gasteiger partial charge in [-0.3, -0.25) is 4.79 Å². The molecule has 0 N–H and O–H groups in total.